The molecule has 2 rings (SSSR count). The lowest BCUT2D eigenvalue weighted by Crippen LogP contribution is -2.00. The first kappa shape index (κ1) is 11.2. The van der Waals surface area contributed by atoms with Crippen molar-refractivity contribution in [2.75, 3.05) is 5.73 Å². The molecule has 1 fully saturated rings. The normalized spacial score (nSPS) is 15.0. The van der Waals surface area contributed by atoms with E-state index in [2.05, 4.69) is 0 Å². The Bertz CT molecular complexity index is 352. The van der Waals surface area contributed by atoms with Crippen molar-refractivity contribution in [2.45, 2.75) is 38.5 Å². The zero-order valence-electron chi connectivity index (χ0n) is 9.61. The average Bonchev–Trinajstić information content (AvgIpc) is 3.09. The Morgan fingerprint density at radius 1 is 1.19 bits per heavy atom. The van der Waals surface area contributed by atoms with Gasteiger partial charge in [0.15, 0.2) is 0 Å². The summed E-state index contributed by atoms with van der Waals surface area (Å²) in [6.45, 7) is 0. The number of aryl methyl sites for hydroxylation is 1. The van der Waals surface area contributed by atoms with Crippen LogP contribution in [0.25, 0.3) is 0 Å². The second kappa shape index (κ2) is 5.15. The van der Waals surface area contributed by atoms with Crippen molar-refractivity contribution >= 4 is 11.5 Å². The molecule has 0 radical (unpaired) electrons. The number of rotatable bonds is 6. The van der Waals surface area contributed by atoms with Crippen LogP contribution >= 0.6 is 0 Å². The number of carbonyl (C=O) groups is 1. The predicted octanol–water partition coefficient (Wildman–Crippen LogP) is 2.96. The average molecular weight is 217 g/mol. The van der Waals surface area contributed by atoms with Crippen LogP contribution in [0.1, 0.15) is 37.7 Å². The van der Waals surface area contributed by atoms with Crippen LogP contribution in [0.5, 0.6) is 0 Å². The van der Waals surface area contributed by atoms with Crippen molar-refractivity contribution < 1.29 is 4.79 Å². The zero-order chi connectivity index (χ0) is 11.4. The molecule has 1 saturated carbocycles. The summed E-state index contributed by atoms with van der Waals surface area (Å²) >= 11 is 0. The van der Waals surface area contributed by atoms with E-state index in [0.29, 0.717) is 12.2 Å². The Kier molecular flexibility index (Phi) is 3.60. The molecule has 0 saturated heterocycles. The van der Waals surface area contributed by atoms with Crippen LogP contribution in [0.15, 0.2) is 24.3 Å². The number of carbonyl (C=O) groups excluding carboxylic acids is 1. The van der Waals surface area contributed by atoms with Gasteiger partial charge in [0.2, 0.25) is 0 Å². The van der Waals surface area contributed by atoms with Gasteiger partial charge in [0, 0.05) is 18.5 Å². The Morgan fingerprint density at radius 3 is 2.50 bits per heavy atom. The highest BCUT2D eigenvalue weighted by Crippen LogP contribution is 2.33. The number of nitrogens with two attached hydrogens (primary N) is 1. The molecule has 0 spiro atoms. The van der Waals surface area contributed by atoms with E-state index in [1.54, 1.807) is 0 Å². The Morgan fingerprint density at radius 2 is 1.88 bits per heavy atom. The maximum Gasteiger partial charge on any atom is 0.133 e. The van der Waals surface area contributed by atoms with Gasteiger partial charge >= 0.3 is 0 Å². The van der Waals surface area contributed by atoms with E-state index in [9.17, 15) is 4.79 Å². The van der Waals surface area contributed by atoms with Crippen LogP contribution in [-0.2, 0) is 11.2 Å². The fraction of sp³-hybridized carbons (Fsp3) is 0.500. The van der Waals surface area contributed by atoms with E-state index in [4.69, 9.17) is 5.73 Å². The molecule has 2 nitrogen and oxygen atoms in total. The molecule has 0 unspecified atom stereocenters. The van der Waals surface area contributed by atoms with Crippen LogP contribution in [-0.4, -0.2) is 5.78 Å². The Labute approximate surface area is 96.8 Å². The summed E-state index contributed by atoms with van der Waals surface area (Å²) in [5.74, 6) is 1.27. The summed E-state index contributed by atoms with van der Waals surface area (Å²) in [5.41, 5.74) is 7.59. The molecule has 0 amide bonds. The molecule has 1 aliphatic carbocycles. The molecule has 2 N–H and O–H groups in total. The van der Waals surface area contributed by atoms with Crippen molar-refractivity contribution in [1.82, 2.24) is 0 Å². The number of hydrogen-bond donors (Lipinski definition) is 1. The molecule has 2 heteroatoms. The van der Waals surface area contributed by atoms with E-state index in [0.717, 1.165) is 30.9 Å². The van der Waals surface area contributed by atoms with Gasteiger partial charge in [-0.05, 0) is 36.5 Å². The minimum atomic E-state index is 0.406. The van der Waals surface area contributed by atoms with Crippen molar-refractivity contribution in [3.63, 3.8) is 0 Å². The summed E-state index contributed by atoms with van der Waals surface area (Å²) in [7, 11) is 0. The monoisotopic (exact) mass is 217 g/mol. The molecule has 0 aromatic heterocycles. The fourth-order valence-corrected chi connectivity index (χ4v) is 1.86. The molecular formula is C14H19NO. The lowest BCUT2D eigenvalue weighted by molar-refractivity contribution is -0.119. The van der Waals surface area contributed by atoms with E-state index in [1.165, 1.54) is 18.4 Å². The number of ketones is 1. The summed E-state index contributed by atoms with van der Waals surface area (Å²) in [6.07, 6.45) is 6.09. The van der Waals surface area contributed by atoms with E-state index < -0.39 is 0 Å². The van der Waals surface area contributed by atoms with Gasteiger partial charge in [0.25, 0.3) is 0 Å². The largest absolute Gasteiger partial charge is 0.399 e. The second-order valence-corrected chi connectivity index (χ2v) is 4.76. The molecule has 0 bridgehead atoms. The highest BCUT2D eigenvalue weighted by molar-refractivity contribution is 5.78. The molecular weight excluding hydrogens is 198 g/mol. The van der Waals surface area contributed by atoms with E-state index in [1.807, 2.05) is 24.3 Å². The van der Waals surface area contributed by atoms with Gasteiger partial charge in [-0.2, -0.15) is 0 Å². The van der Waals surface area contributed by atoms with Crippen molar-refractivity contribution in [3.8, 4) is 0 Å². The van der Waals surface area contributed by atoms with Gasteiger partial charge in [0.1, 0.15) is 5.78 Å². The molecule has 0 heterocycles. The van der Waals surface area contributed by atoms with E-state index in [-0.39, 0.29) is 0 Å². The third kappa shape index (κ3) is 3.69. The molecule has 16 heavy (non-hydrogen) atoms. The first-order chi connectivity index (χ1) is 7.74. The molecule has 1 aliphatic rings. The Balaban J connectivity index is 1.69. The van der Waals surface area contributed by atoms with Crippen molar-refractivity contribution in [2.24, 2.45) is 5.92 Å². The maximum absolute atomic E-state index is 11.6. The number of hydrogen-bond acceptors (Lipinski definition) is 2. The standard InChI is InChI=1S/C14H19NO/c15-13-7-3-12(4-8-13)6-10-14(16)9-5-11-1-2-11/h3-4,7-8,11H,1-2,5-6,9-10,15H2. The lowest BCUT2D eigenvalue weighted by atomic mass is 10.0. The van der Waals surface area contributed by atoms with Crippen LogP contribution in [0.2, 0.25) is 0 Å². The summed E-state index contributed by atoms with van der Waals surface area (Å²) < 4.78 is 0. The highest BCUT2D eigenvalue weighted by atomic mass is 16.1. The third-order valence-corrected chi connectivity index (χ3v) is 3.20. The van der Waals surface area contributed by atoms with Gasteiger partial charge in [-0.25, -0.2) is 0 Å². The lowest BCUT2D eigenvalue weighted by Gasteiger charge is -2.02. The van der Waals surface area contributed by atoms with Gasteiger partial charge in [-0.1, -0.05) is 25.0 Å². The summed E-state index contributed by atoms with van der Waals surface area (Å²) in [4.78, 5) is 11.6. The number of nitrogen functional groups attached to an aromatic ring is 1. The molecule has 0 atom stereocenters. The number of Topliss-reactive ketones (excluding diaryl/α,β-unsaturated/α-hetero) is 1. The van der Waals surface area contributed by atoms with Crippen LogP contribution in [0.3, 0.4) is 0 Å². The van der Waals surface area contributed by atoms with Gasteiger partial charge in [-0.15, -0.1) is 0 Å². The smallest absolute Gasteiger partial charge is 0.133 e. The second-order valence-electron chi connectivity index (χ2n) is 4.76. The van der Waals surface area contributed by atoms with Gasteiger partial charge in [0.05, 0.1) is 0 Å². The van der Waals surface area contributed by atoms with Crippen molar-refractivity contribution in [1.29, 1.82) is 0 Å². The van der Waals surface area contributed by atoms with E-state index >= 15 is 0 Å². The SMILES string of the molecule is Nc1ccc(CCC(=O)CCC2CC2)cc1. The topological polar surface area (TPSA) is 43.1 Å². The Hall–Kier alpha value is -1.31. The first-order valence-corrected chi connectivity index (χ1v) is 6.10. The van der Waals surface area contributed by atoms with Gasteiger partial charge < -0.3 is 5.73 Å². The zero-order valence-corrected chi connectivity index (χ0v) is 9.61. The highest BCUT2D eigenvalue weighted by Gasteiger charge is 2.21. The number of anilines is 1. The van der Waals surface area contributed by atoms with Crippen molar-refractivity contribution in [3.05, 3.63) is 29.8 Å². The number of benzene rings is 1. The molecule has 1 aromatic carbocycles. The quantitative estimate of drug-likeness (QED) is 0.744. The first-order valence-electron chi connectivity index (χ1n) is 6.10. The minimum absolute atomic E-state index is 0.406. The summed E-state index contributed by atoms with van der Waals surface area (Å²) in [5, 5.41) is 0. The molecule has 1 aromatic rings. The fourth-order valence-electron chi connectivity index (χ4n) is 1.86. The summed E-state index contributed by atoms with van der Waals surface area (Å²) in [6, 6.07) is 7.79. The predicted molar refractivity (Wildman–Crippen MR) is 66.1 cm³/mol. The van der Waals surface area contributed by atoms with Gasteiger partial charge in [-0.3, -0.25) is 4.79 Å². The third-order valence-electron chi connectivity index (χ3n) is 3.20. The molecule has 86 valence electrons. The maximum atomic E-state index is 11.6. The van der Waals surface area contributed by atoms with Crippen LogP contribution < -0.4 is 5.73 Å². The van der Waals surface area contributed by atoms with Crippen LogP contribution in [0.4, 0.5) is 5.69 Å². The minimum Gasteiger partial charge on any atom is -0.399 e. The molecule has 0 aliphatic heterocycles. The van der Waals surface area contributed by atoms with Crippen LogP contribution in [0, 0.1) is 5.92 Å².